The number of hydrogen-bond donors (Lipinski definition) is 0. The molecule has 4 rings (SSSR count). The largest absolute Gasteiger partial charge is 0.269 e. The van der Waals surface area contributed by atoms with E-state index in [2.05, 4.69) is 17.1 Å². The Kier molecular flexibility index (Phi) is 5.03. The topological polar surface area (TPSA) is 68.4 Å². The van der Waals surface area contributed by atoms with Gasteiger partial charge in [0.05, 0.1) is 15.5 Å². The van der Waals surface area contributed by atoms with Gasteiger partial charge >= 0.3 is 0 Å². The number of rotatable bonds is 5. The maximum Gasteiger partial charge on any atom is 0.269 e. The zero-order chi connectivity index (χ0) is 19.3. The summed E-state index contributed by atoms with van der Waals surface area (Å²) in [5.41, 5.74) is 3.87. The molecule has 0 saturated heterocycles. The summed E-state index contributed by atoms with van der Waals surface area (Å²) in [6.45, 7) is 0. The molecule has 136 valence electrons. The van der Waals surface area contributed by atoms with Crippen LogP contribution in [0.4, 0.5) is 10.8 Å². The third-order valence-corrected chi connectivity index (χ3v) is 5.14. The van der Waals surface area contributed by atoms with Crippen molar-refractivity contribution in [3.63, 3.8) is 0 Å². The van der Waals surface area contributed by atoms with Crippen LogP contribution in [-0.2, 0) is 0 Å². The van der Waals surface area contributed by atoms with Gasteiger partial charge in [-0.2, -0.15) is 0 Å². The van der Waals surface area contributed by atoms with Crippen molar-refractivity contribution < 1.29 is 4.92 Å². The van der Waals surface area contributed by atoms with Gasteiger partial charge < -0.3 is 0 Å². The molecule has 0 aliphatic carbocycles. The van der Waals surface area contributed by atoms with Crippen LogP contribution in [0.5, 0.6) is 0 Å². The van der Waals surface area contributed by atoms with Gasteiger partial charge in [-0.1, -0.05) is 72.0 Å². The summed E-state index contributed by atoms with van der Waals surface area (Å²) >= 11 is 1.52. The zero-order valence-electron chi connectivity index (χ0n) is 14.7. The number of aliphatic imine (C=N–C) groups is 1. The van der Waals surface area contributed by atoms with E-state index in [0.29, 0.717) is 5.13 Å². The van der Waals surface area contributed by atoms with Gasteiger partial charge in [0.2, 0.25) is 5.13 Å². The molecule has 0 amide bonds. The number of aromatic nitrogens is 1. The Bertz CT molecular complexity index is 1060. The molecule has 0 aliphatic rings. The van der Waals surface area contributed by atoms with Crippen LogP contribution in [0.1, 0.15) is 5.56 Å². The molecule has 0 N–H and O–H groups in total. The highest BCUT2D eigenvalue weighted by Crippen LogP contribution is 2.39. The SMILES string of the molecule is O=[N+]([O-])c1ccc(C=Nc2nc(-c3ccccc3)c(-c3ccccc3)s2)cc1. The quantitative estimate of drug-likeness (QED) is 0.235. The molecule has 0 saturated carbocycles. The van der Waals surface area contributed by atoms with Crippen molar-refractivity contribution in [2.45, 2.75) is 0 Å². The molecule has 6 heteroatoms. The van der Waals surface area contributed by atoms with Crippen molar-refractivity contribution in [1.29, 1.82) is 0 Å². The fourth-order valence-corrected chi connectivity index (χ4v) is 3.69. The summed E-state index contributed by atoms with van der Waals surface area (Å²) in [5, 5.41) is 11.4. The molecule has 3 aromatic carbocycles. The molecule has 1 heterocycles. The van der Waals surface area contributed by atoms with Crippen LogP contribution in [0.25, 0.3) is 21.7 Å². The monoisotopic (exact) mass is 385 g/mol. The molecule has 0 spiro atoms. The molecule has 4 aromatic rings. The van der Waals surface area contributed by atoms with Crippen LogP contribution in [0, 0.1) is 10.1 Å². The summed E-state index contributed by atoms with van der Waals surface area (Å²) in [6, 6.07) is 26.4. The third-order valence-electron chi connectivity index (χ3n) is 4.13. The maximum absolute atomic E-state index is 10.8. The number of benzene rings is 3. The highest BCUT2D eigenvalue weighted by Gasteiger charge is 2.14. The number of nitro groups is 1. The average molecular weight is 385 g/mol. The van der Waals surface area contributed by atoms with Crippen LogP contribution in [-0.4, -0.2) is 16.1 Å². The predicted octanol–water partition coefficient (Wildman–Crippen LogP) is 6.14. The molecular formula is C22H15N3O2S. The summed E-state index contributed by atoms with van der Waals surface area (Å²) in [6.07, 6.45) is 1.67. The van der Waals surface area contributed by atoms with Crippen LogP contribution in [0.2, 0.25) is 0 Å². The predicted molar refractivity (Wildman–Crippen MR) is 113 cm³/mol. The van der Waals surface area contributed by atoms with Gasteiger partial charge in [0.15, 0.2) is 0 Å². The van der Waals surface area contributed by atoms with Crippen molar-refractivity contribution in [1.82, 2.24) is 4.98 Å². The number of thiazole rings is 1. The first-order valence-corrected chi connectivity index (χ1v) is 9.42. The molecule has 0 bridgehead atoms. The summed E-state index contributed by atoms with van der Waals surface area (Å²) in [5.74, 6) is 0. The third kappa shape index (κ3) is 3.87. The summed E-state index contributed by atoms with van der Waals surface area (Å²) < 4.78 is 0. The Morgan fingerprint density at radius 1 is 0.857 bits per heavy atom. The standard InChI is InChI=1S/C22H15N3O2S/c26-25(27)19-13-11-16(12-14-19)15-23-22-24-20(17-7-3-1-4-8-17)21(28-22)18-9-5-2-6-10-18/h1-15H. The van der Waals surface area contributed by atoms with Crippen LogP contribution in [0.3, 0.4) is 0 Å². The second-order valence-electron chi connectivity index (χ2n) is 6.01. The van der Waals surface area contributed by atoms with Crippen molar-refractivity contribution in [3.05, 3.63) is 101 Å². The smallest absolute Gasteiger partial charge is 0.258 e. The van der Waals surface area contributed by atoms with E-state index < -0.39 is 4.92 Å². The molecular weight excluding hydrogens is 370 g/mol. The summed E-state index contributed by atoms with van der Waals surface area (Å²) in [7, 11) is 0. The first-order valence-electron chi connectivity index (χ1n) is 8.61. The summed E-state index contributed by atoms with van der Waals surface area (Å²) in [4.78, 5) is 20.6. The Labute approximate surface area is 165 Å². The average Bonchev–Trinajstić information content (AvgIpc) is 3.18. The van der Waals surface area contributed by atoms with E-state index in [4.69, 9.17) is 4.98 Å². The number of hydrogen-bond acceptors (Lipinski definition) is 5. The fourth-order valence-electron chi connectivity index (χ4n) is 2.75. The highest BCUT2D eigenvalue weighted by atomic mass is 32.1. The molecule has 0 fully saturated rings. The van der Waals surface area contributed by atoms with Gasteiger partial charge in [0.1, 0.15) is 0 Å². The Balaban J connectivity index is 1.70. The highest BCUT2D eigenvalue weighted by molar-refractivity contribution is 7.19. The van der Waals surface area contributed by atoms with Gasteiger partial charge in [-0.3, -0.25) is 10.1 Å². The van der Waals surface area contributed by atoms with E-state index in [9.17, 15) is 10.1 Å². The van der Waals surface area contributed by atoms with Gasteiger partial charge in [-0.15, -0.1) is 0 Å². The van der Waals surface area contributed by atoms with E-state index in [-0.39, 0.29) is 5.69 Å². The van der Waals surface area contributed by atoms with Crippen molar-refractivity contribution in [2.75, 3.05) is 0 Å². The van der Waals surface area contributed by atoms with Gasteiger partial charge in [0, 0.05) is 23.9 Å². The van der Waals surface area contributed by atoms with Crippen LogP contribution >= 0.6 is 11.3 Å². The first-order chi connectivity index (χ1) is 13.7. The van der Waals surface area contributed by atoms with Crippen LogP contribution in [0.15, 0.2) is 89.9 Å². The molecule has 0 atom stereocenters. The molecule has 0 aliphatic heterocycles. The number of non-ortho nitro benzene ring substituents is 1. The van der Waals surface area contributed by atoms with Gasteiger partial charge in [-0.05, 0) is 23.3 Å². The van der Waals surface area contributed by atoms with E-state index >= 15 is 0 Å². The Morgan fingerprint density at radius 3 is 2.07 bits per heavy atom. The molecule has 28 heavy (non-hydrogen) atoms. The second-order valence-corrected chi connectivity index (χ2v) is 6.99. The van der Waals surface area contributed by atoms with E-state index in [1.165, 1.54) is 23.5 Å². The van der Waals surface area contributed by atoms with E-state index in [1.54, 1.807) is 18.3 Å². The van der Waals surface area contributed by atoms with E-state index in [0.717, 1.165) is 27.3 Å². The van der Waals surface area contributed by atoms with E-state index in [1.807, 2.05) is 48.5 Å². The molecule has 5 nitrogen and oxygen atoms in total. The minimum absolute atomic E-state index is 0.0594. The van der Waals surface area contributed by atoms with Gasteiger partial charge in [0.25, 0.3) is 5.69 Å². The maximum atomic E-state index is 10.8. The number of nitro benzene ring substituents is 1. The van der Waals surface area contributed by atoms with Crippen LogP contribution < -0.4 is 0 Å². The van der Waals surface area contributed by atoms with Crippen molar-refractivity contribution >= 4 is 28.4 Å². The van der Waals surface area contributed by atoms with Crippen molar-refractivity contribution in [2.24, 2.45) is 4.99 Å². The molecule has 0 radical (unpaired) electrons. The molecule has 0 unspecified atom stereocenters. The normalized spacial score (nSPS) is 11.0. The van der Waals surface area contributed by atoms with Gasteiger partial charge in [-0.25, -0.2) is 9.98 Å². The molecule has 1 aromatic heterocycles. The fraction of sp³-hybridized carbons (Fsp3) is 0. The first kappa shape index (κ1) is 17.8. The lowest BCUT2D eigenvalue weighted by molar-refractivity contribution is -0.384. The lowest BCUT2D eigenvalue weighted by Gasteiger charge is -2.02. The minimum atomic E-state index is -0.417. The lowest BCUT2D eigenvalue weighted by Crippen LogP contribution is -1.88. The minimum Gasteiger partial charge on any atom is -0.258 e. The zero-order valence-corrected chi connectivity index (χ0v) is 15.5. The number of nitrogens with zero attached hydrogens (tertiary/aromatic N) is 3. The lowest BCUT2D eigenvalue weighted by atomic mass is 10.1. The van der Waals surface area contributed by atoms with Crippen molar-refractivity contribution in [3.8, 4) is 21.7 Å². The Hall–Kier alpha value is -3.64. The Morgan fingerprint density at radius 2 is 1.46 bits per heavy atom. The second kappa shape index (κ2) is 7.94.